The summed E-state index contributed by atoms with van der Waals surface area (Å²) in [5.41, 5.74) is 0.526. The van der Waals surface area contributed by atoms with Crippen molar-refractivity contribution in [1.82, 2.24) is 0 Å². The topological polar surface area (TPSA) is 45.4 Å². The van der Waals surface area contributed by atoms with Crippen LogP contribution >= 0.6 is 0 Å². The van der Waals surface area contributed by atoms with Gasteiger partial charge in [-0.2, -0.15) is 4.73 Å². The summed E-state index contributed by atoms with van der Waals surface area (Å²) in [7, 11) is 1.56. The normalized spacial score (nSPS) is 9.93. The van der Waals surface area contributed by atoms with Crippen LogP contribution < -0.4 is 14.2 Å². The van der Waals surface area contributed by atoms with Crippen LogP contribution in [0.3, 0.4) is 0 Å². The monoisotopic (exact) mass is 197 g/mol. The molecular formula is C10H15NO3. The fraction of sp³-hybridized carbons (Fsp3) is 0.500. The number of hydrogen-bond acceptors (Lipinski definition) is 3. The van der Waals surface area contributed by atoms with Crippen molar-refractivity contribution < 1.29 is 14.2 Å². The molecule has 1 heterocycles. The van der Waals surface area contributed by atoms with Crippen LogP contribution in [-0.4, -0.2) is 13.7 Å². The van der Waals surface area contributed by atoms with Crippen molar-refractivity contribution in [3.05, 3.63) is 23.2 Å². The lowest BCUT2D eigenvalue weighted by atomic mass is 10.3. The lowest BCUT2D eigenvalue weighted by molar-refractivity contribution is -0.612. The van der Waals surface area contributed by atoms with Gasteiger partial charge >= 0.3 is 0 Å². The molecule has 0 unspecified atom stereocenters. The van der Waals surface area contributed by atoms with E-state index in [0.29, 0.717) is 23.8 Å². The Kier molecular flexibility index (Phi) is 3.56. The van der Waals surface area contributed by atoms with Crippen LogP contribution in [0.25, 0.3) is 0 Å². The summed E-state index contributed by atoms with van der Waals surface area (Å²) >= 11 is 0. The van der Waals surface area contributed by atoms with Crippen LogP contribution in [0.1, 0.15) is 19.0 Å². The molecule has 0 saturated carbocycles. The Morgan fingerprint density at radius 1 is 1.50 bits per heavy atom. The molecule has 1 aromatic rings. The zero-order valence-corrected chi connectivity index (χ0v) is 8.74. The molecule has 0 amide bonds. The van der Waals surface area contributed by atoms with Crippen LogP contribution in [0.2, 0.25) is 0 Å². The Morgan fingerprint density at radius 2 is 2.21 bits per heavy atom. The molecule has 0 spiro atoms. The molecule has 0 fully saturated rings. The van der Waals surface area contributed by atoms with E-state index in [4.69, 9.17) is 9.47 Å². The van der Waals surface area contributed by atoms with Crippen LogP contribution in [0.4, 0.5) is 0 Å². The van der Waals surface area contributed by atoms with E-state index in [1.165, 1.54) is 6.20 Å². The van der Waals surface area contributed by atoms with Gasteiger partial charge in [0.1, 0.15) is 0 Å². The quantitative estimate of drug-likeness (QED) is 0.541. The van der Waals surface area contributed by atoms with Crippen molar-refractivity contribution in [2.24, 2.45) is 0 Å². The second-order valence-corrected chi connectivity index (χ2v) is 2.97. The highest BCUT2D eigenvalue weighted by molar-refractivity contribution is 5.39. The number of ether oxygens (including phenoxy) is 2. The number of rotatable bonds is 4. The maximum atomic E-state index is 11.3. The number of aromatic nitrogens is 1. The molecule has 4 heteroatoms. The molecule has 0 atom stereocenters. The van der Waals surface area contributed by atoms with Gasteiger partial charge in [-0.25, -0.2) is 0 Å². The Labute approximate surface area is 83.7 Å². The average Bonchev–Trinajstić information content (AvgIpc) is 2.20. The first-order valence-electron chi connectivity index (χ1n) is 4.60. The van der Waals surface area contributed by atoms with E-state index in [0.717, 1.165) is 11.2 Å². The third-order valence-electron chi connectivity index (χ3n) is 1.91. The van der Waals surface area contributed by atoms with Crippen LogP contribution in [0.15, 0.2) is 12.3 Å². The van der Waals surface area contributed by atoms with Gasteiger partial charge in [0.05, 0.1) is 13.7 Å². The number of hydrogen-bond donors (Lipinski definition) is 0. The lowest BCUT2D eigenvalue weighted by Gasteiger charge is -2.11. The van der Waals surface area contributed by atoms with Crippen molar-refractivity contribution in [1.29, 1.82) is 0 Å². The molecule has 78 valence electrons. The van der Waals surface area contributed by atoms with E-state index in [-0.39, 0.29) is 0 Å². The first kappa shape index (κ1) is 10.6. The Balaban J connectivity index is 3.01. The van der Waals surface area contributed by atoms with Crippen LogP contribution in [0, 0.1) is 12.1 Å². The molecule has 0 radical (unpaired) electrons. The third kappa shape index (κ3) is 2.07. The molecule has 0 aromatic carbocycles. The van der Waals surface area contributed by atoms with E-state index in [1.807, 2.05) is 6.92 Å². The van der Waals surface area contributed by atoms with Gasteiger partial charge in [0, 0.05) is 13.0 Å². The highest BCUT2D eigenvalue weighted by atomic mass is 16.5. The van der Waals surface area contributed by atoms with E-state index in [2.05, 4.69) is 0 Å². The van der Waals surface area contributed by atoms with Gasteiger partial charge in [-0.15, -0.1) is 0 Å². The first-order valence-corrected chi connectivity index (χ1v) is 4.60. The number of methoxy groups -OCH3 is 1. The molecule has 1 aromatic heterocycles. The summed E-state index contributed by atoms with van der Waals surface area (Å²) in [6.07, 6.45) is 2.31. The van der Waals surface area contributed by atoms with E-state index < -0.39 is 0 Å². The SMILES string of the molecule is CCCOc1c(OC)cc[n+]([O-])c1C. The highest BCUT2D eigenvalue weighted by Crippen LogP contribution is 2.27. The van der Waals surface area contributed by atoms with Crippen molar-refractivity contribution in [3.63, 3.8) is 0 Å². The van der Waals surface area contributed by atoms with Crippen LogP contribution in [0.5, 0.6) is 11.5 Å². The summed E-state index contributed by atoms with van der Waals surface area (Å²) in [5.74, 6) is 1.13. The molecule has 0 aliphatic carbocycles. The summed E-state index contributed by atoms with van der Waals surface area (Å²) in [4.78, 5) is 0. The smallest absolute Gasteiger partial charge is 0.235 e. The second-order valence-electron chi connectivity index (χ2n) is 2.97. The summed E-state index contributed by atoms with van der Waals surface area (Å²) in [5, 5.41) is 11.3. The van der Waals surface area contributed by atoms with Crippen LogP contribution in [-0.2, 0) is 0 Å². The van der Waals surface area contributed by atoms with E-state index >= 15 is 0 Å². The highest BCUT2D eigenvalue weighted by Gasteiger charge is 2.14. The van der Waals surface area contributed by atoms with Crippen molar-refractivity contribution >= 4 is 0 Å². The van der Waals surface area contributed by atoms with Gasteiger partial charge in [0.25, 0.3) is 0 Å². The minimum Gasteiger partial charge on any atom is -0.618 e. The number of nitrogens with zero attached hydrogens (tertiary/aromatic N) is 1. The maximum absolute atomic E-state index is 11.3. The van der Waals surface area contributed by atoms with Gasteiger partial charge in [-0.1, -0.05) is 6.92 Å². The minimum absolute atomic E-state index is 0.526. The Morgan fingerprint density at radius 3 is 2.79 bits per heavy atom. The predicted molar refractivity (Wildman–Crippen MR) is 52.5 cm³/mol. The van der Waals surface area contributed by atoms with Gasteiger partial charge in [0.15, 0.2) is 11.9 Å². The molecule has 0 saturated heterocycles. The molecule has 14 heavy (non-hydrogen) atoms. The maximum Gasteiger partial charge on any atom is 0.235 e. The molecule has 0 bridgehead atoms. The zero-order valence-electron chi connectivity index (χ0n) is 8.74. The third-order valence-corrected chi connectivity index (χ3v) is 1.91. The predicted octanol–water partition coefficient (Wildman–Crippen LogP) is 1.43. The van der Waals surface area contributed by atoms with E-state index in [9.17, 15) is 5.21 Å². The minimum atomic E-state index is 0.526. The molecular weight excluding hydrogens is 182 g/mol. The average molecular weight is 197 g/mol. The first-order chi connectivity index (χ1) is 6.70. The molecule has 0 aliphatic heterocycles. The molecule has 1 rings (SSSR count). The standard InChI is InChI=1S/C10H15NO3/c1-4-7-14-10-8(2)11(12)6-5-9(10)13-3/h5-6H,4,7H2,1-3H3. The summed E-state index contributed by atoms with van der Waals surface area (Å²) in [6.45, 7) is 4.30. The van der Waals surface area contributed by atoms with Gasteiger partial charge in [-0.05, 0) is 6.42 Å². The number of pyridine rings is 1. The zero-order chi connectivity index (χ0) is 10.6. The largest absolute Gasteiger partial charge is 0.618 e. The summed E-state index contributed by atoms with van der Waals surface area (Å²) < 4.78 is 11.3. The lowest BCUT2D eigenvalue weighted by Crippen LogP contribution is -2.30. The molecule has 0 aliphatic rings. The fourth-order valence-corrected chi connectivity index (χ4v) is 1.14. The Bertz CT molecular complexity index is 312. The van der Waals surface area contributed by atoms with Gasteiger partial charge < -0.3 is 14.7 Å². The van der Waals surface area contributed by atoms with Crippen molar-refractivity contribution in [3.8, 4) is 11.5 Å². The Hall–Kier alpha value is -1.45. The molecule has 4 nitrogen and oxygen atoms in total. The van der Waals surface area contributed by atoms with Gasteiger partial charge in [0.2, 0.25) is 11.4 Å². The van der Waals surface area contributed by atoms with Gasteiger partial charge in [-0.3, -0.25) is 0 Å². The fourth-order valence-electron chi connectivity index (χ4n) is 1.14. The van der Waals surface area contributed by atoms with Crippen molar-refractivity contribution in [2.75, 3.05) is 13.7 Å². The van der Waals surface area contributed by atoms with Crippen molar-refractivity contribution in [2.45, 2.75) is 20.3 Å². The molecule has 0 N–H and O–H groups in total. The summed E-state index contributed by atoms with van der Waals surface area (Å²) in [6, 6.07) is 1.60. The van der Waals surface area contributed by atoms with E-state index in [1.54, 1.807) is 20.1 Å². The second kappa shape index (κ2) is 4.69.